The summed E-state index contributed by atoms with van der Waals surface area (Å²) in [7, 11) is -4.31. The lowest BCUT2D eigenvalue weighted by Crippen LogP contribution is -2.53. The third-order valence-electron chi connectivity index (χ3n) is 4.27. The smallest absolute Gasteiger partial charge is 0.266 e. The summed E-state index contributed by atoms with van der Waals surface area (Å²) < 4.78 is 28.1. The minimum atomic E-state index is -4.31. The SMILES string of the molecule is CC(C)NC(=O)C[C@@H]1C(=O)Nc2ccccc2N1S(=O)(=O)c1cccc(Cl)c1Cl. The van der Waals surface area contributed by atoms with Gasteiger partial charge in [0.05, 0.1) is 27.8 Å². The number of carbonyl (C=O) groups is 2. The van der Waals surface area contributed by atoms with Crippen LogP contribution in [0.2, 0.25) is 10.0 Å². The fourth-order valence-corrected chi connectivity index (χ4v) is 5.45. The van der Waals surface area contributed by atoms with Gasteiger partial charge < -0.3 is 10.6 Å². The number of hydrogen-bond acceptors (Lipinski definition) is 4. The molecule has 2 aromatic carbocycles. The Bertz CT molecular complexity index is 1070. The van der Waals surface area contributed by atoms with E-state index in [4.69, 9.17) is 23.2 Å². The predicted octanol–water partition coefficient (Wildman–Crippen LogP) is 3.42. The number of halogens is 2. The summed E-state index contributed by atoms with van der Waals surface area (Å²) in [5.74, 6) is -1.05. The Morgan fingerprint density at radius 1 is 1.17 bits per heavy atom. The maximum absolute atomic E-state index is 13.6. The summed E-state index contributed by atoms with van der Waals surface area (Å²) in [6.07, 6.45) is -0.351. The Labute approximate surface area is 179 Å². The fourth-order valence-electron chi connectivity index (χ4n) is 3.08. The standard InChI is InChI=1S/C19H19Cl2N3O4S/c1-11(2)22-17(25)10-15-19(26)23-13-7-3-4-8-14(13)24(15)29(27,28)16-9-5-6-12(20)18(16)21/h3-9,11,15H,10H2,1-2H3,(H,22,25)(H,23,26)/t15-/m1/s1. The van der Waals surface area contributed by atoms with Crippen LogP contribution in [0.3, 0.4) is 0 Å². The van der Waals surface area contributed by atoms with Gasteiger partial charge in [0.2, 0.25) is 11.8 Å². The summed E-state index contributed by atoms with van der Waals surface area (Å²) in [6, 6.07) is 9.23. The molecule has 0 unspecified atom stereocenters. The van der Waals surface area contributed by atoms with Gasteiger partial charge in [-0.1, -0.05) is 41.4 Å². The Balaban J connectivity index is 2.15. The van der Waals surface area contributed by atoms with Crippen molar-refractivity contribution in [3.05, 3.63) is 52.5 Å². The van der Waals surface area contributed by atoms with E-state index in [1.807, 2.05) is 0 Å². The molecular formula is C19H19Cl2N3O4S. The maximum Gasteiger partial charge on any atom is 0.266 e. The summed E-state index contributed by atoms with van der Waals surface area (Å²) in [5, 5.41) is 5.26. The number of carbonyl (C=O) groups excluding carboxylic acids is 2. The minimum Gasteiger partial charge on any atom is -0.354 e. The van der Waals surface area contributed by atoms with Gasteiger partial charge >= 0.3 is 0 Å². The van der Waals surface area contributed by atoms with Gasteiger partial charge in [-0.2, -0.15) is 0 Å². The number of hydrogen-bond donors (Lipinski definition) is 2. The molecule has 0 bridgehead atoms. The van der Waals surface area contributed by atoms with Gasteiger partial charge in [-0.05, 0) is 38.1 Å². The van der Waals surface area contributed by atoms with Crippen molar-refractivity contribution >= 4 is 56.4 Å². The number of fused-ring (bicyclic) bond motifs is 1. The van der Waals surface area contributed by atoms with Crippen LogP contribution in [0.15, 0.2) is 47.4 Å². The van der Waals surface area contributed by atoms with Gasteiger partial charge in [0, 0.05) is 6.04 Å². The van der Waals surface area contributed by atoms with E-state index in [0.717, 1.165) is 4.31 Å². The Morgan fingerprint density at radius 2 is 1.86 bits per heavy atom. The van der Waals surface area contributed by atoms with Crippen molar-refractivity contribution in [1.29, 1.82) is 0 Å². The molecular weight excluding hydrogens is 437 g/mol. The number of para-hydroxylation sites is 2. The number of rotatable bonds is 5. The zero-order valence-corrected chi connectivity index (χ0v) is 18.0. The molecule has 29 heavy (non-hydrogen) atoms. The highest BCUT2D eigenvalue weighted by Gasteiger charge is 2.42. The van der Waals surface area contributed by atoms with Crippen molar-refractivity contribution in [2.75, 3.05) is 9.62 Å². The zero-order valence-electron chi connectivity index (χ0n) is 15.6. The topological polar surface area (TPSA) is 95.6 Å². The summed E-state index contributed by atoms with van der Waals surface area (Å²) in [5.41, 5.74) is 0.560. The molecule has 0 saturated carbocycles. The van der Waals surface area contributed by atoms with Crippen molar-refractivity contribution in [2.24, 2.45) is 0 Å². The largest absolute Gasteiger partial charge is 0.354 e. The molecule has 3 rings (SSSR count). The van der Waals surface area contributed by atoms with Crippen molar-refractivity contribution < 1.29 is 18.0 Å². The lowest BCUT2D eigenvalue weighted by molar-refractivity contribution is -0.125. The number of nitrogens with one attached hydrogen (secondary N) is 2. The molecule has 7 nitrogen and oxygen atoms in total. The number of nitrogens with zero attached hydrogens (tertiary/aromatic N) is 1. The zero-order chi connectivity index (χ0) is 21.3. The van der Waals surface area contributed by atoms with E-state index in [-0.39, 0.29) is 33.1 Å². The molecule has 0 radical (unpaired) electrons. The molecule has 2 aromatic rings. The molecule has 1 aliphatic rings. The summed E-state index contributed by atoms with van der Waals surface area (Å²) in [6.45, 7) is 3.54. The van der Waals surface area contributed by atoms with Crippen molar-refractivity contribution in [1.82, 2.24) is 5.32 Å². The second-order valence-corrected chi connectivity index (χ2v) is 9.37. The third-order valence-corrected chi connectivity index (χ3v) is 7.06. The monoisotopic (exact) mass is 455 g/mol. The molecule has 0 fully saturated rings. The number of sulfonamides is 1. The second kappa shape index (κ2) is 8.22. The van der Waals surface area contributed by atoms with Crippen LogP contribution in [0, 0.1) is 0 Å². The van der Waals surface area contributed by atoms with Gasteiger partial charge in [-0.3, -0.25) is 13.9 Å². The van der Waals surface area contributed by atoms with Crippen LogP contribution < -0.4 is 14.9 Å². The van der Waals surface area contributed by atoms with Crippen LogP contribution in [-0.4, -0.2) is 32.3 Å². The lowest BCUT2D eigenvalue weighted by Gasteiger charge is -2.37. The predicted molar refractivity (Wildman–Crippen MR) is 113 cm³/mol. The van der Waals surface area contributed by atoms with Gasteiger partial charge in [0.15, 0.2) is 0 Å². The Hall–Kier alpha value is -2.29. The first kappa shape index (κ1) is 21.4. The van der Waals surface area contributed by atoms with Crippen molar-refractivity contribution in [3.63, 3.8) is 0 Å². The van der Waals surface area contributed by atoms with E-state index in [1.54, 1.807) is 38.1 Å². The molecule has 0 spiro atoms. The first-order chi connectivity index (χ1) is 13.6. The normalized spacial score (nSPS) is 16.4. The van der Waals surface area contributed by atoms with Gasteiger partial charge in [-0.25, -0.2) is 8.42 Å². The second-order valence-electron chi connectivity index (χ2n) is 6.80. The van der Waals surface area contributed by atoms with Gasteiger partial charge in [-0.15, -0.1) is 0 Å². The molecule has 1 heterocycles. The highest BCUT2D eigenvalue weighted by Crippen LogP contribution is 2.39. The number of anilines is 2. The summed E-state index contributed by atoms with van der Waals surface area (Å²) in [4.78, 5) is 24.9. The average molecular weight is 456 g/mol. The molecule has 1 atom stereocenters. The highest BCUT2D eigenvalue weighted by atomic mass is 35.5. The number of benzene rings is 2. The molecule has 0 saturated heterocycles. The molecule has 154 valence electrons. The molecule has 0 aliphatic carbocycles. The van der Waals surface area contributed by atoms with Gasteiger partial charge in [0.1, 0.15) is 10.9 Å². The van der Waals surface area contributed by atoms with Crippen LogP contribution in [0.4, 0.5) is 11.4 Å². The van der Waals surface area contributed by atoms with Crippen LogP contribution in [0.5, 0.6) is 0 Å². The van der Waals surface area contributed by atoms with E-state index in [9.17, 15) is 18.0 Å². The Kier molecular flexibility index (Phi) is 6.07. The van der Waals surface area contributed by atoms with E-state index in [2.05, 4.69) is 10.6 Å². The molecule has 2 N–H and O–H groups in total. The lowest BCUT2D eigenvalue weighted by atomic mass is 10.1. The van der Waals surface area contributed by atoms with E-state index < -0.39 is 27.9 Å². The minimum absolute atomic E-state index is 0.0663. The first-order valence-corrected chi connectivity index (χ1v) is 11.0. The van der Waals surface area contributed by atoms with Crippen molar-refractivity contribution in [3.8, 4) is 0 Å². The van der Waals surface area contributed by atoms with E-state index in [1.165, 1.54) is 18.2 Å². The van der Waals surface area contributed by atoms with Crippen LogP contribution in [0.1, 0.15) is 20.3 Å². The van der Waals surface area contributed by atoms with E-state index >= 15 is 0 Å². The van der Waals surface area contributed by atoms with Crippen LogP contribution in [0.25, 0.3) is 0 Å². The molecule has 0 aromatic heterocycles. The molecule has 1 aliphatic heterocycles. The first-order valence-electron chi connectivity index (χ1n) is 8.80. The number of amides is 2. The summed E-state index contributed by atoms with van der Waals surface area (Å²) >= 11 is 12.2. The third kappa shape index (κ3) is 4.19. The van der Waals surface area contributed by atoms with Crippen LogP contribution >= 0.6 is 23.2 Å². The quantitative estimate of drug-likeness (QED) is 0.721. The van der Waals surface area contributed by atoms with E-state index in [0.29, 0.717) is 5.69 Å². The highest BCUT2D eigenvalue weighted by molar-refractivity contribution is 7.93. The maximum atomic E-state index is 13.6. The molecule has 2 amide bonds. The van der Waals surface area contributed by atoms with Crippen LogP contribution in [-0.2, 0) is 19.6 Å². The average Bonchev–Trinajstić information content (AvgIpc) is 2.63. The fraction of sp³-hybridized carbons (Fsp3) is 0.263. The Morgan fingerprint density at radius 3 is 2.55 bits per heavy atom. The molecule has 10 heteroatoms. The van der Waals surface area contributed by atoms with Crippen molar-refractivity contribution in [2.45, 2.75) is 37.2 Å². The van der Waals surface area contributed by atoms with Gasteiger partial charge in [0.25, 0.3) is 10.0 Å².